The smallest absolute Gasteiger partial charge is 0.329 e. The molecule has 0 saturated carbocycles. The molecular formula is C11H20N2O4. The van der Waals surface area contributed by atoms with Crippen molar-refractivity contribution in [2.45, 2.75) is 45.2 Å². The highest BCUT2D eigenvalue weighted by atomic mass is 16.5. The number of aliphatic carboxylic acids is 1. The summed E-state index contributed by atoms with van der Waals surface area (Å²) in [5.74, 6) is -1.37. The number of carbonyl (C=O) groups excluding carboxylic acids is 1. The Balaban J connectivity index is 2.31. The largest absolute Gasteiger partial charge is 0.480 e. The molecule has 2 unspecified atom stereocenters. The molecule has 1 rings (SSSR count). The average molecular weight is 244 g/mol. The van der Waals surface area contributed by atoms with Gasteiger partial charge in [-0.15, -0.1) is 0 Å². The van der Waals surface area contributed by atoms with E-state index in [1.54, 1.807) is 0 Å². The molecule has 2 atom stereocenters. The Bertz CT molecular complexity index is 273. The second-order valence-electron chi connectivity index (χ2n) is 4.46. The van der Waals surface area contributed by atoms with E-state index in [0.29, 0.717) is 12.1 Å². The van der Waals surface area contributed by atoms with Gasteiger partial charge in [0, 0.05) is 12.1 Å². The van der Waals surface area contributed by atoms with Crippen LogP contribution in [0.4, 0.5) is 0 Å². The number of hydrazine groups is 1. The number of nitrogens with one attached hydrogen (secondary N) is 1. The van der Waals surface area contributed by atoms with Crippen molar-refractivity contribution in [1.82, 2.24) is 10.4 Å². The first-order valence-corrected chi connectivity index (χ1v) is 5.88. The van der Waals surface area contributed by atoms with E-state index in [2.05, 4.69) is 19.3 Å². The van der Waals surface area contributed by atoms with E-state index in [1.807, 2.05) is 5.01 Å². The number of carbonyl (C=O) groups is 2. The van der Waals surface area contributed by atoms with Crippen LogP contribution in [0.3, 0.4) is 0 Å². The molecule has 1 aliphatic rings. The van der Waals surface area contributed by atoms with Crippen LogP contribution in [0.2, 0.25) is 0 Å². The van der Waals surface area contributed by atoms with Crippen LogP contribution in [0.25, 0.3) is 0 Å². The average Bonchev–Trinajstić information content (AvgIpc) is 2.23. The minimum Gasteiger partial charge on any atom is -0.480 e. The number of amides is 1. The molecule has 0 aromatic heterocycles. The first-order chi connectivity index (χ1) is 8.00. The molecule has 0 aromatic carbocycles. The predicted molar refractivity (Wildman–Crippen MR) is 61.2 cm³/mol. The summed E-state index contributed by atoms with van der Waals surface area (Å²) in [5, 5.41) is 10.3. The molecule has 1 fully saturated rings. The summed E-state index contributed by atoms with van der Waals surface area (Å²) in [4.78, 5) is 21.7. The van der Waals surface area contributed by atoms with Crippen LogP contribution >= 0.6 is 0 Å². The number of rotatable bonds is 5. The molecule has 1 amide bonds. The standard InChI is InChI=1S/C11H20N2O4/c1-8-4-3-5-9(2)13(8)12-10(14)6-17-7-11(15)16/h8-9H,3-7H2,1-2H3,(H,12,14)(H,15,16). The van der Waals surface area contributed by atoms with Crippen LogP contribution in [0.1, 0.15) is 33.1 Å². The quantitative estimate of drug-likeness (QED) is 0.731. The fourth-order valence-corrected chi connectivity index (χ4v) is 2.05. The molecule has 1 saturated heterocycles. The van der Waals surface area contributed by atoms with Gasteiger partial charge in [-0.1, -0.05) is 6.42 Å². The Kier molecular flexibility index (Phi) is 5.37. The Morgan fingerprint density at radius 2 is 1.88 bits per heavy atom. The molecule has 0 aromatic rings. The van der Waals surface area contributed by atoms with Crippen LogP contribution in [-0.2, 0) is 14.3 Å². The summed E-state index contributed by atoms with van der Waals surface area (Å²) in [6.07, 6.45) is 3.28. The highest BCUT2D eigenvalue weighted by Gasteiger charge is 2.25. The van der Waals surface area contributed by atoms with Crippen molar-refractivity contribution in [3.05, 3.63) is 0 Å². The monoisotopic (exact) mass is 244 g/mol. The zero-order valence-corrected chi connectivity index (χ0v) is 10.3. The van der Waals surface area contributed by atoms with Crippen molar-refractivity contribution < 1.29 is 19.4 Å². The van der Waals surface area contributed by atoms with Gasteiger partial charge in [0.05, 0.1) is 0 Å². The van der Waals surface area contributed by atoms with Gasteiger partial charge in [-0.3, -0.25) is 10.2 Å². The Morgan fingerprint density at radius 1 is 1.29 bits per heavy atom. The third kappa shape index (κ3) is 4.70. The third-order valence-electron chi connectivity index (χ3n) is 2.91. The Morgan fingerprint density at radius 3 is 2.41 bits per heavy atom. The van der Waals surface area contributed by atoms with Crippen LogP contribution in [-0.4, -0.2) is 47.3 Å². The van der Waals surface area contributed by atoms with Crippen molar-refractivity contribution in [1.29, 1.82) is 0 Å². The van der Waals surface area contributed by atoms with E-state index in [1.165, 1.54) is 6.42 Å². The lowest BCUT2D eigenvalue weighted by Gasteiger charge is -2.38. The molecule has 1 aliphatic heterocycles. The number of carboxylic acid groups (broad SMARTS) is 1. The second kappa shape index (κ2) is 6.56. The van der Waals surface area contributed by atoms with Gasteiger partial charge in [-0.2, -0.15) is 0 Å². The van der Waals surface area contributed by atoms with Gasteiger partial charge in [0.2, 0.25) is 0 Å². The highest BCUT2D eigenvalue weighted by molar-refractivity contribution is 5.77. The molecule has 2 N–H and O–H groups in total. The van der Waals surface area contributed by atoms with E-state index < -0.39 is 12.6 Å². The first-order valence-electron chi connectivity index (χ1n) is 5.88. The molecule has 6 heteroatoms. The van der Waals surface area contributed by atoms with Gasteiger partial charge in [-0.05, 0) is 26.7 Å². The predicted octanol–water partition coefficient (Wildman–Crippen LogP) is 0.382. The fraction of sp³-hybridized carbons (Fsp3) is 0.818. The summed E-state index contributed by atoms with van der Waals surface area (Å²) in [5.41, 5.74) is 2.77. The number of hydrogen-bond acceptors (Lipinski definition) is 4. The Hall–Kier alpha value is -1.14. The van der Waals surface area contributed by atoms with Gasteiger partial charge in [0.15, 0.2) is 0 Å². The third-order valence-corrected chi connectivity index (χ3v) is 2.91. The first kappa shape index (κ1) is 13.9. The van der Waals surface area contributed by atoms with Gasteiger partial charge >= 0.3 is 5.97 Å². The minimum atomic E-state index is -1.07. The lowest BCUT2D eigenvalue weighted by atomic mass is 10.00. The van der Waals surface area contributed by atoms with Crippen molar-refractivity contribution in [2.75, 3.05) is 13.2 Å². The molecule has 0 spiro atoms. The Labute approximate surface area is 101 Å². The van der Waals surface area contributed by atoms with Crippen molar-refractivity contribution in [3.63, 3.8) is 0 Å². The topological polar surface area (TPSA) is 78.9 Å². The summed E-state index contributed by atoms with van der Waals surface area (Å²) in [6, 6.07) is 0.615. The molecular weight excluding hydrogens is 224 g/mol. The zero-order chi connectivity index (χ0) is 12.8. The molecule has 17 heavy (non-hydrogen) atoms. The van der Waals surface area contributed by atoms with Gasteiger partial charge in [0.1, 0.15) is 13.2 Å². The number of hydrogen-bond donors (Lipinski definition) is 2. The molecule has 0 aliphatic carbocycles. The molecule has 98 valence electrons. The van der Waals surface area contributed by atoms with Crippen molar-refractivity contribution >= 4 is 11.9 Å². The van der Waals surface area contributed by atoms with E-state index >= 15 is 0 Å². The maximum atomic E-state index is 11.5. The van der Waals surface area contributed by atoms with E-state index in [9.17, 15) is 9.59 Å². The van der Waals surface area contributed by atoms with Gasteiger partial charge in [0.25, 0.3) is 5.91 Å². The van der Waals surface area contributed by atoms with E-state index in [0.717, 1.165) is 12.8 Å². The summed E-state index contributed by atoms with van der Waals surface area (Å²) >= 11 is 0. The summed E-state index contributed by atoms with van der Waals surface area (Å²) < 4.78 is 4.73. The van der Waals surface area contributed by atoms with Crippen LogP contribution in [0.5, 0.6) is 0 Å². The van der Waals surface area contributed by atoms with E-state index in [4.69, 9.17) is 9.84 Å². The fourth-order valence-electron chi connectivity index (χ4n) is 2.05. The number of nitrogens with zero attached hydrogens (tertiary/aromatic N) is 1. The van der Waals surface area contributed by atoms with E-state index in [-0.39, 0.29) is 12.5 Å². The lowest BCUT2D eigenvalue weighted by Crippen LogP contribution is -2.54. The molecule has 0 radical (unpaired) electrons. The van der Waals surface area contributed by atoms with Crippen LogP contribution in [0, 0.1) is 0 Å². The zero-order valence-electron chi connectivity index (χ0n) is 10.3. The minimum absolute atomic E-state index is 0.220. The highest BCUT2D eigenvalue weighted by Crippen LogP contribution is 2.19. The van der Waals surface area contributed by atoms with Crippen LogP contribution in [0.15, 0.2) is 0 Å². The number of carboxylic acids is 1. The number of piperidine rings is 1. The SMILES string of the molecule is CC1CCCC(C)N1NC(=O)COCC(=O)O. The van der Waals surface area contributed by atoms with Crippen molar-refractivity contribution in [3.8, 4) is 0 Å². The second-order valence-corrected chi connectivity index (χ2v) is 4.46. The van der Waals surface area contributed by atoms with Crippen molar-refractivity contribution in [2.24, 2.45) is 0 Å². The van der Waals surface area contributed by atoms with Gasteiger partial charge < -0.3 is 9.84 Å². The number of ether oxygens (including phenoxy) is 1. The van der Waals surface area contributed by atoms with Crippen LogP contribution < -0.4 is 5.43 Å². The molecule has 6 nitrogen and oxygen atoms in total. The summed E-state index contributed by atoms with van der Waals surface area (Å²) in [7, 11) is 0. The lowest BCUT2D eigenvalue weighted by molar-refractivity contribution is -0.145. The summed E-state index contributed by atoms with van der Waals surface area (Å²) in [6.45, 7) is 3.46. The maximum absolute atomic E-state index is 11.5. The molecule has 1 heterocycles. The van der Waals surface area contributed by atoms with Gasteiger partial charge in [-0.25, -0.2) is 9.80 Å². The maximum Gasteiger partial charge on any atom is 0.329 e. The normalized spacial score (nSPS) is 25.5. The molecule has 0 bridgehead atoms.